The maximum atomic E-state index is 12.1. The molecule has 1 saturated heterocycles. The molecule has 5 nitrogen and oxygen atoms in total. The van der Waals surface area contributed by atoms with Gasteiger partial charge < -0.3 is 5.11 Å². The van der Waals surface area contributed by atoms with Crippen molar-refractivity contribution in [3.8, 4) is 0 Å². The highest BCUT2D eigenvalue weighted by Crippen LogP contribution is 2.29. The zero-order chi connectivity index (χ0) is 14.2. The lowest BCUT2D eigenvalue weighted by Crippen LogP contribution is -2.47. The first-order chi connectivity index (χ1) is 8.86. The van der Waals surface area contributed by atoms with Gasteiger partial charge in [0.25, 0.3) is 0 Å². The lowest BCUT2D eigenvalue weighted by molar-refractivity contribution is -0.146. The Morgan fingerprint density at radius 3 is 2.56 bits per heavy atom. The van der Waals surface area contributed by atoms with Gasteiger partial charge in [-0.15, -0.1) is 0 Å². The van der Waals surface area contributed by atoms with Gasteiger partial charge in [0.1, 0.15) is 0 Å². The number of amides is 3. The average molecular weight is 313 g/mol. The number of carboxylic acid groups (broad SMARTS) is 1. The van der Waals surface area contributed by atoms with Crippen LogP contribution in [0.4, 0.5) is 4.79 Å². The topological polar surface area (TPSA) is 74.7 Å². The van der Waals surface area contributed by atoms with E-state index in [1.807, 2.05) is 0 Å². The molecule has 1 unspecified atom stereocenters. The van der Waals surface area contributed by atoms with Gasteiger partial charge in [-0.3, -0.25) is 9.59 Å². The molecule has 1 aromatic carbocycles. The van der Waals surface area contributed by atoms with Crippen molar-refractivity contribution in [1.82, 2.24) is 4.90 Å². The van der Waals surface area contributed by atoms with E-state index in [4.69, 9.17) is 6.48 Å². The molecule has 0 bridgehead atoms. The molecule has 0 aromatic heterocycles. The third-order valence-corrected chi connectivity index (χ3v) is 3.21. The smallest absolute Gasteiger partial charge is 0.421 e. The molecule has 0 aliphatic carbocycles. The molecule has 0 saturated carbocycles. The zero-order valence-electron chi connectivity index (χ0n) is 10.2. The molecule has 1 fully saturated rings. The number of hydrogen-bond acceptors (Lipinski definition) is 3. The van der Waals surface area contributed by atoms with Gasteiger partial charge in [-0.2, -0.15) is 4.90 Å². The summed E-state index contributed by atoms with van der Waals surface area (Å²) in [7, 11) is 0. The van der Waals surface area contributed by atoms with E-state index in [1.165, 1.54) is 0 Å². The fourth-order valence-corrected chi connectivity index (χ4v) is 2.08. The van der Waals surface area contributed by atoms with E-state index in [0.29, 0.717) is 5.56 Å². The molecule has 1 aromatic rings. The standard InChI is InChI=1S/C12H10BrNO4/c13-8-3-1-7(2-4-8)9-5-6-10(15)14(11(9)16)12(17)18/h1-4,9H,5-6H2,(H,17,18)/i9D. The van der Waals surface area contributed by atoms with Gasteiger partial charge in [-0.25, -0.2) is 4.79 Å². The van der Waals surface area contributed by atoms with Crippen LogP contribution < -0.4 is 0 Å². The predicted molar refractivity (Wildman–Crippen MR) is 66.0 cm³/mol. The second-order valence-electron chi connectivity index (χ2n) is 3.80. The third kappa shape index (κ3) is 2.28. The second-order valence-corrected chi connectivity index (χ2v) is 4.72. The summed E-state index contributed by atoms with van der Waals surface area (Å²) in [6, 6.07) is 6.48. The number of hydrogen-bond donors (Lipinski definition) is 1. The molecule has 18 heavy (non-hydrogen) atoms. The van der Waals surface area contributed by atoms with Crippen molar-refractivity contribution in [2.45, 2.75) is 18.7 Å². The lowest BCUT2D eigenvalue weighted by atomic mass is 9.90. The Labute approximate surface area is 113 Å². The molecule has 6 heteroatoms. The highest BCUT2D eigenvalue weighted by atomic mass is 79.9. The summed E-state index contributed by atoms with van der Waals surface area (Å²) >= 11 is 3.24. The fraction of sp³-hybridized carbons (Fsp3) is 0.250. The maximum absolute atomic E-state index is 12.1. The van der Waals surface area contributed by atoms with Gasteiger partial charge in [-0.1, -0.05) is 28.1 Å². The van der Waals surface area contributed by atoms with Crippen molar-refractivity contribution in [2.75, 3.05) is 0 Å². The van der Waals surface area contributed by atoms with Crippen LogP contribution in [0.15, 0.2) is 28.7 Å². The Morgan fingerprint density at radius 2 is 2.00 bits per heavy atom. The van der Waals surface area contributed by atoms with Crippen molar-refractivity contribution < 1.29 is 20.9 Å². The minimum absolute atomic E-state index is 0.0178. The molecule has 0 spiro atoms. The van der Waals surface area contributed by atoms with Crippen molar-refractivity contribution in [3.63, 3.8) is 0 Å². The summed E-state index contributed by atoms with van der Waals surface area (Å²) in [6.07, 6.45) is -1.79. The Balaban J connectivity index is 2.43. The number of benzene rings is 1. The van der Waals surface area contributed by atoms with Gasteiger partial charge in [0, 0.05) is 12.3 Å². The molecule has 1 aliphatic rings. The number of halogens is 1. The second kappa shape index (κ2) is 4.89. The Hall–Kier alpha value is -1.69. The van der Waals surface area contributed by atoms with E-state index < -0.39 is 23.8 Å². The normalized spacial score (nSPS) is 24.9. The summed E-state index contributed by atoms with van der Waals surface area (Å²) in [6.45, 7) is 0. The predicted octanol–water partition coefficient (Wildman–Crippen LogP) is 2.36. The first-order valence-electron chi connectivity index (χ1n) is 5.72. The molecule has 1 aliphatic heterocycles. The first kappa shape index (κ1) is 11.4. The minimum atomic E-state index is -1.73. The molecular weight excluding hydrogens is 302 g/mol. The van der Waals surface area contributed by atoms with Crippen LogP contribution in [0, 0.1) is 0 Å². The van der Waals surface area contributed by atoms with Crippen molar-refractivity contribution in [1.29, 1.82) is 0 Å². The summed E-state index contributed by atoms with van der Waals surface area (Å²) < 4.78 is 9.02. The highest BCUT2D eigenvalue weighted by molar-refractivity contribution is 9.10. The first-order valence-corrected chi connectivity index (χ1v) is 6.02. The van der Waals surface area contributed by atoms with Crippen LogP contribution in [-0.2, 0) is 9.59 Å². The molecule has 0 radical (unpaired) electrons. The average Bonchev–Trinajstić information content (AvgIpc) is 2.35. The number of carbonyl (C=O) groups is 3. The van der Waals surface area contributed by atoms with Gasteiger partial charge >= 0.3 is 6.09 Å². The van der Waals surface area contributed by atoms with Crippen molar-refractivity contribution in [2.24, 2.45) is 0 Å². The zero-order valence-corrected chi connectivity index (χ0v) is 10.8. The van der Waals surface area contributed by atoms with Crippen molar-refractivity contribution in [3.05, 3.63) is 34.3 Å². The van der Waals surface area contributed by atoms with Crippen LogP contribution in [0.3, 0.4) is 0 Å². The van der Waals surface area contributed by atoms with E-state index in [0.717, 1.165) is 4.47 Å². The molecule has 94 valence electrons. The van der Waals surface area contributed by atoms with Crippen LogP contribution in [0.5, 0.6) is 0 Å². The molecule has 1 N–H and O–H groups in total. The fourth-order valence-electron chi connectivity index (χ4n) is 1.81. The van der Waals surface area contributed by atoms with Gasteiger partial charge in [0.05, 0.1) is 5.89 Å². The van der Waals surface area contributed by atoms with Gasteiger partial charge in [0.15, 0.2) is 0 Å². The molecule has 2 rings (SSSR count). The van der Waals surface area contributed by atoms with Crippen LogP contribution in [0.2, 0.25) is 0 Å². The largest absolute Gasteiger partial charge is 0.464 e. The maximum Gasteiger partial charge on any atom is 0.421 e. The van der Waals surface area contributed by atoms with Crippen LogP contribution in [0.25, 0.3) is 0 Å². The summed E-state index contributed by atoms with van der Waals surface area (Å²) in [5, 5.41) is 8.90. The van der Waals surface area contributed by atoms with Crippen LogP contribution in [0.1, 0.15) is 25.7 Å². The van der Waals surface area contributed by atoms with E-state index >= 15 is 0 Å². The number of likely N-dealkylation sites (tertiary alicyclic amines) is 1. The number of carbonyl (C=O) groups excluding carboxylic acids is 2. The summed E-state index contributed by atoms with van der Waals surface area (Å²) in [4.78, 5) is 34.6. The van der Waals surface area contributed by atoms with Crippen molar-refractivity contribution >= 4 is 33.8 Å². The van der Waals surface area contributed by atoms with Crippen LogP contribution in [-0.4, -0.2) is 27.9 Å². The Kier molecular flexibility index (Phi) is 3.10. The number of rotatable bonds is 1. The lowest BCUT2D eigenvalue weighted by Gasteiger charge is -2.27. The third-order valence-electron chi connectivity index (χ3n) is 2.68. The monoisotopic (exact) mass is 312 g/mol. The molecule has 3 amide bonds. The summed E-state index contributed by atoms with van der Waals surface area (Å²) in [5.74, 6) is -3.52. The number of nitrogens with zero attached hydrogens (tertiary/aromatic N) is 1. The number of imide groups is 3. The van der Waals surface area contributed by atoms with Gasteiger partial charge in [-0.05, 0) is 24.1 Å². The Morgan fingerprint density at radius 1 is 1.39 bits per heavy atom. The molecular formula is C12H10BrNO4. The van der Waals surface area contributed by atoms with E-state index in [2.05, 4.69) is 15.9 Å². The Bertz CT molecular complexity index is 559. The number of piperidine rings is 1. The SMILES string of the molecule is [2H]C1(c2ccc(Br)cc2)CCC(=O)N(C(=O)O)C1=O. The molecule has 1 atom stereocenters. The van der Waals surface area contributed by atoms with E-state index in [9.17, 15) is 14.4 Å². The quantitative estimate of drug-likeness (QED) is 0.808. The van der Waals surface area contributed by atoms with E-state index in [-0.39, 0.29) is 17.7 Å². The minimum Gasteiger partial charge on any atom is -0.464 e. The van der Waals surface area contributed by atoms with Crippen LogP contribution >= 0.6 is 15.9 Å². The molecule has 1 heterocycles. The van der Waals surface area contributed by atoms with Gasteiger partial charge in [0.2, 0.25) is 11.8 Å². The summed E-state index contributed by atoms with van der Waals surface area (Å²) in [5.41, 5.74) is 0.374. The highest BCUT2D eigenvalue weighted by Gasteiger charge is 2.39. The van der Waals surface area contributed by atoms with E-state index in [1.54, 1.807) is 24.3 Å².